The topological polar surface area (TPSA) is 75.6 Å². The van der Waals surface area contributed by atoms with Crippen LogP contribution in [0, 0.1) is 13.8 Å². The molecule has 2 amide bonds. The second kappa shape index (κ2) is 7.07. The first-order valence-electron chi connectivity index (χ1n) is 9.48. The minimum Gasteiger partial charge on any atom is -0.450 e. The molecule has 2 aliphatic rings. The van der Waals surface area contributed by atoms with Gasteiger partial charge in [-0.2, -0.15) is 0 Å². The van der Waals surface area contributed by atoms with Crippen LogP contribution < -0.4 is 0 Å². The molecule has 8 heteroatoms. The highest BCUT2D eigenvalue weighted by atomic mass is 32.1. The van der Waals surface area contributed by atoms with Crippen LogP contribution >= 0.6 is 11.3 Å². The van der Waals surface area contributed by atoms with Gasteiger partial charge in [0.1, 0.15) is 10.7 Å². The molecule has 1 aliphatic carbocycles. The predicted octanol–water partition coefficient (Wildman–Crippen LogP) is 3.10. The Balaban J connectivity index is 1.54. The van der Waals surface area contributed by atoms with Crippen LogP contribution in [0.5, 0.6) is 0 Å². The summed E-state index contributed by atoms with van der Waals surface area (Å²) in [6, 6.07) is 0. The predicted molar refractivity (Wildman–Crippen MR) is 103 cm³/mol. The summed E-state index contributed by atoms with van der Waals surface area (Å²) in [6.45, 7) is 8.17. The molecule has 1 saturated carbocycles. The highest BCUT2D eigenvalue weighted by molar-refractivity contribution is 7.20. The number of thiophene rings is 1. The number of aromatic nitrogens is 2. The number of hydrogen-bond donors (Lipinski definition) is 0. The fraction of sp³-hybridized carbons (Fsp3) is 0.579. The largest absolute Gasteiger partial charge is 0.450 e. The quantitative estimate of drug-likeness (QED) is 0.808. The van der Waals surface area contributed by atoms with Gasteiger partial charge in [-0.25, -0.2) is 14.8 Å². The van der Waals surface area contributed by atoms with Gasteiger partial charge in [-0.3, -0.25) is 4.79 Å². The van der Waals surface area contributed by atoms with Crippen LogP contribution in [0.25, 0.3) is 10.2 Å². The number of nitrogens with zero attached hydrogens (tertiary/aromatic N) is 4. The molecule has 4 rings (SSSR count). The smallest absolute Gasteiger partial charge is 0.409 e. The van der Waals surface area contributed by atoms with Gasteiger partial charge in [0.2, 0.25) is 0 Å². The van der Waals surface area contributed by atoms with Crippen molar-refractivity contribution in [2.45, 2.75) is 39.5 Å². The molecule has 1 saturated heterocycles. The van der Waals surface area contributed by atoms with Crippen LogP contribution in [-0.2, 0) is 4.74 Å². The summed E-state index contributed by atoms with van der Waals surface area (Å²) in [5, 5.41) is 1.01. The van der Waals surface area contributed by atoms with Crippen LogP contribution in [0.1, 0.15) is 52.4 Å². The van der Waals surface area contributed by atoms with Crippen molar-refractivity contribution < 1.29 is 14.3 Å². The van der Waals surface area contributed by atoms with E-state index in [4.69, 9.17) is 9.72 Å². The highest BCUT2D eigenvalue weighted by Gasteiger charge is 2.30. The average Bonchev–Trinajstić information content (AvgIpc) is 3.45. The summed E-state index contributed by atoms with van der Waals surface area (Å²) in [4.78, 5) is 39.4. The lowest BCUT2D eigenvalue weighted by Gasteiger charge is -2.33. The second-order valence-corrected chi connectivity index (χ2v) is 8.16. The van der Waals surface area contributed by atoms with Gasteiger partial charge in [-0.15, -0.1) is 11.3 Å². The van der Waals surface area contributed by atoms with Crippen LogP contribution in [-0.4, -0.2) is 64.6 Å². The van der Waals surface area contributed by atoms with Crippen LogP contribution in [0.4, 0.5) is 4.79 Å². The SMILES string of the molecule is CCOC(=O)N1CCN(C(=O)c2sc3nc(C4CC4)nc(C)c3c2C)CC1. The van der Waals surface area contributed by atoms with Crippen molar-refractivity contribution in [2.24, 2.45) is 0 Å². The Bertz CT molecular complexity index is 898. The van der Waals surface area contributed by atoms with Crippen molar-refractivity contribution in [1.29, 1.82) is 0 Å². The zero-order chi connectivity index (χ0) is 19.1. The molecule has 3 heterocycles. The van der Waals surface area contributed by atoms with Crippen LogP contribution in [0.3, 0.4) is 0 Å². The van der Waals surface area contributed by atoms with Gasteiger partial charge in [-0.1, -0.05) is 0 Å². The second-order valence-electron chi connectivity index (χ2n) is 7.16. The maximum Gasteiger partial charge on any atom is 0.409 e. The van der Waals surface area contributed by atoms with Gasteiger partial charge >= 0.3 is 6.09 Å². The summed E-state index contributed by atoms with van der Waals surface area (Å²) < 4.78 is 5.04. The lowest BCUT2D eigenvalue weighted by molar-refractivity contribution is 0.0574. The van der Waals surface area contributed by atoms with E-state index in [2.05, 4.69) is 4.98 Å². The summed E-state index contributed by atoms with van der Waals surface area (Å²) in [7, 11) is 0. The van der Waals surface area contributed by atoms with E-state index >= 15 is 0 Å². The minimum atomic E-state index is -0.304. The number of carbonyl (C=O) groups excluding carboxylic acids is 2. The first-order chi connectivity index (χ1) is 13.0. The molecule has 27 heavy (non-hydrogen) atoms. The monoisotopic (exact) mass is 388 g/mol. The van der Waals surface area contributed by atoms with E-state index in [0.29, 0.717) is 38.7 Å². The number of carbonyl (C=O) groups is 2. The molecule has 0 radical (unpaired) electrons. The third-order valence-corrected chi connectivity index (χ3v) is 6.39. The normalized spacial score (nSPS) is 17.4. The Kier molecular flexibility index (Phi) is 4.75. The zero-order valence-electron chi connectivity index (χ0n) is 15.9. The fourth-order valence-electron chi connectivity index (χ4n) is 3.54. The van der Waals surface area contributed by atoms with Gasteiger partial charge in [0.15, 0.2) is 0 Å². The number of amides is 2. The molecule has 1 aliphatic heterocycles. The Morgan fingerprint density at radius 2 is 1.78 bits per heavy atom. The van der Waals surface area contributed by atoms with Crippen molar-refractivity contribution in [3.8, 4) is 0 Å². The Morgan fingerprint density at radius 1 is 1.11 bits per heavy atom. The number of fused-ring (bicyclic) bond motifs is 1. The maximum atomic E-state index is 13.1. The number of aryl methyl sites for hydroxylation is 2. The third-order valence-electron chi connectivity index (χ3n) is 5.22. The minimum absolute atomic E-state index is 0.0198. The summed E-state index contributed by atoms with van der Waals surface area (Å²) in [5.41, 5.74) is 1.93. The van der Waals surface area contributed by atoms with E-state index < -0.39 is 0 Å². The van der Waals surface area contributed by atoms with Crippen molar-refractivity contribution in [2.75, 3.05) is 32.8 Å². The number of hydrogen-bond acceptors (Lipinski definition) is 6. The standard InChI is InChI=1S/C19H24N4O3S/c1-4-26-19(25)23-9-7-22(8-10-23)18(24)15-11(2)14-12(3)20-16(13-5-6-13)21-17(14)27-15/h13H,4-10H2,1-3H3. The summed E-state index contributed by atoms with van der Waals surface area (Å²) in [6.07, 6.45) is 2.01. The molecule has 0 N–H and O–H groups in total. The van der Waals surface area contributed by atoms with Gasteiger partial charge in [0.25, 0.3) is 5.91 Å². The third kappa shape index (κ3) is 3.38. The van der Waals surface area contributed by atoms with Gasteiger partial charge in [0.05, 0.1) is 17.2 Å². The molecular weight excluding hydrogens is 364 g/mol. The lowest BCUT2D eigenvalue weighted by atomic mass is 10.1. The van der Waals surface area contributed by atoms with E-state index in [1.54, 1.807) is 11.8 Å². The van der Waals surface area contributed by atoms with E-state index in [0.717, 1.165) is 45.0 Å². The maximum absolute atomic E-state index is 13.1. The molecule has 2 aromatic rings. The molecule has 0 unspecified atom stereocenters. The van der Waals surface area contributed by atoms with Crippen LogP contribution in [0.2, 0.25) is 0 Å². The van der Waals surface area contributed by atoms with Gasteiger partial charge in [-0.05, 0) is 39.2 Å². The fourth-order valence-corrected chi connectivity index (χ4v) is 4.75. The first kappa shape index (κ1) is 18.2. The molecule has 0 atom stereocenters. The molecule has 2 aromatic heterocycles. The van der Waals surface area contributed by atoms with E-state index in [-0.39, 0.29) is 12.0 Å². The Labute approximate surface area is 162 Å². The lowest BCUT2D eigenvalue weighted by Crippen LogP contribution is -2.50. The number of rotatable bonds is 3. The van der Waals surface area contributed by atoms with Gasteiger partial charge < -0.3 is 14.5 Å². The highest BCUT2D eigenvalue weighted by Crippen LogP contribution is 2.40. The van der Waals surface area contributed by atoms with E-state index in [9.17, 15) is 9.59 Å². The number of piperazine rings is 1. The van der Waals surface area contributed by atoms with E-state index in [1.165, 1.54) is 11.3 Å². The zero-order valence-corrected chi connectivity index (χ0v) is 16.8. The molecule has 0 aromatic carbocycles. The van der Waals surface area contributed by atoms with Crippen molar-refractivity contribution >= 4 is 33.6 Å². The van der Waals surface area contributed by atoms with Crippen LogP contribution in [0.15, 0.2) is 0 Å². The molecular formula is C19H24N4O3S. The van der Waals surface area contributed by atoms with E-state index in [1.807, 2.05) is 18.7 Å². The Hall–Kier alpha value is -2.22. The average molecular weight is 388 g/mol. The molecule has 7 nitrogen and oxygen atoms in total. The van der Waals surface area contributed by atoms with Gasteiger partial charge in [0, 0.05) is 37.5 Å². The molecule has 2 fully saturated rings. The summed E-state index contributed by atoms with van der Waals surface area (Å²) in [5.74, 6) is 1.43. The number of ether oxygens (including phenoxy) is 1. The molecule has 0 spiro atoms. The summed E-state index contributed by atoms with van der Waals surface area (Å²) >= 11 is 1.47. The Morgan fingerprint density at radius 3 is 2.41 bits per heavy atom. The first-order valence-corrected chi connectivity index (χ1v) is 10.3. The van der Waals surface area contributed by atoms with Crippen molar-refractivity contribution in [1.82, 2.24) is 19.8 Å². The van der Waals surface area contributed by atoms with Crippen molar-refractivity contribution in [3.63, 3.8) is 0 Å². The molecule has 0 bridgehead atoms. The molecule has 144 valence electrons. The van der Waals surface area contributed by atoms with Crippen molar-refractivity contribution in [3.05, 3.63) is 22.0 Å².